The Kier molecular flexibility index (Phi) is 5.62. The predicted octanol–water partition coefficient (Wildman–Crippen LogP) is 4.71. The van der Waals surface area contributed by atoms with E-state index >= 15 is 0 Å². The first-order valence-corrected chi connectivity index (χ1v) is 14.4. The first-order chi connectivity index (χ1) is 18.3. The van der Waals surface area contributed by atoms with Gasteiger partial charge in [-0.1, -0.05) is 48.5 Å². The van der Waals surface area contributed by atoms with Crippen LogP contribution in [0.4, 0.5) is 11.9 Å². The van der Waals surface area contributed by atoms with Crippen LogP contribution >= 0.6 is 0 Å². The third kappa shape index (κ3) is 4.58. The summed E-state index contributed by atoms with van der Waals surface area (Å²) in [6, 6.07) is 27.2. The summed E-state index contributed by atoms with van der Waals surface area (Å²) in [6.07, 6.45) is 0. The molecule has 0 aliphatic rings. The van der Waals surface area contributed by atoms with Crippen LogP contribution < -0.4 is 9.44 Å². The predicted molar refractivity (Wildman–Crippen MR) is 146 cm³/mol. The summed E-state index contributed by atoms with van der Waals surface area (Å²) in [6.45, 7) is 0. The lowest BCUT2D eigenvalue weighted by atomic mass is 10.0. The maximum absolute atomic E-state index is 12.6. The molecule has 2 heterocycles. The molecule has 4 aromatic carbocycles. The highest BCUT2D eigenvalue weighted by Gasteiger charge is 2.17. The van der Waals surface area contributed by atoms with Gasteiger partial charge in [0.25, 0.3) is 20.0 Å². The molecule has 0 fully saturated rings. The fourth-order valence-electron chi connectivity index (χ4n) is 4.05. The Hall–Kier alpha value is -4.68. The van der Waals surface area contributed by atoms with Gasteiger partial charge < -0.3 is 9.97 Å². The minimum atomic E-state index is -3.78. The number of H-pyrrole nitrogens is 2. The van der Waals surface area contributed by atoms with Gasteiger partial charge in [0.1, 0.15) is 0 Å². The topological polar surface area (TPSA) is 150 Å². The van der Waals surface area contributed by atoms with Crippen molar-refractivity contribution in [1.29, 1.82) is 0 Å². The number of anilines is 2. The molecule has 0 aliphatic carbocycles. The fourth-order valence-corrected chi connectivity index (χ4v) is 6.02. The minimum Gasteiger partial charge on any atom is -0.323 e. The van der Waals surface area contributed by atoms with E-state index in [9.17, 15) is 16.8 Å². The summed E-state index contributed by atoms with van der Waals surface area (Å²) in [7, 11) is -7.56. The quantitative estimate of drug-likeness (QED) is 0.229. The Morgan fingerprint density at radius 2 is 0.921 bits per heavy atom. The highest BCUT2D eigenvalue weighted by Crippen LogP contribution is 2.28. The van der Waals surface area contributed by atoms with Crippen molar-refractivity contribution in [2.24, 2.45) is 0 Å². The van der Waals surface area contributed by atoms with Crippen LogP contribution in [0.5, 0.6) is 0 Å². The number of rotatable bonds is 7. The fraction of sp³-hybridized carbons (Fsp3) is 0. The third-order valence-electron chi connectivity index (χ3n) is 5.87. The number of aromatic amines is 2. The number of hydrogen-bond acceptors (Lipinski definition) is 6. The summed E-state index contributed by atoms with van der Waals surface area (Å²) in [5, 5.41) is 0. The number of nitrogens with one attached hydrogen (secondary N) is 4. The largest absolute Gasteiger partial charge is 0.323 e. The van der Waals surface area contributed by atoms with E-state index in [1.54, 1.807) is 48.5 Å². The van der Waals surface area contributed by atoms with Gasteiger partial charge in [-0.3, -0.25) is 0 Å². The normalized spacial score (nSPS) is 12.1. The number of nitrogens with zero attached hydrogens (tertiary/aromatic N) is 2. The van der Waals surface area contributed by atoms with E-state index in [1.807, 2.05) is 24.3 Å². The zero-order valence-corrected chi connectivity index (χ0v) is 21.2. The molecule has 0 radical (unpaired) electrons. The molecule has 0 bridgehead atoms. The lowest BCUT2D eigenvalue weighted by Crippen LogP contribution is -2.13. The number of benzene rings is 4. The standard InChI is InChI=1S/C26H20N6O4S2/c33-37(34,19-7-3-1-4-8-19)31-25-27-21-13-11-17(15-23(21)29-25)18-12-14-22-24(16-18)30-26(28-22)32-38(35,36)20-9-5-2-6-10-20/h1-16H,(H2,27,29,31)(H2,28,30,32). The molecule has 0 aliphatic heterocycles. The van der Waals surface area contributed by atoms with Gasteiger partial charge >= 0.3 is 0 Å². The molecule has 0 saturated heterocycles. The molecule has 0 unspecified atom stereocenters. The molecule has 0 saturated carbocycles. The molecule has 10 nitrogen and oxygen atoms in total. The van der Waals surface area contributed by atoms with E-state index in [-0.39, 0.29) is 21.7 Å². The molecule has 190 valence electrons. The van der Waals surface area contributed by atoms with Crippen molar-refractivity contribution in [1.82, 2.24) is 19.9 Å². The molecule has 0 amide bonds. The summed E-state index contributed by atoms with van der Waals surface area (Å²) in [4.78, 5) is 15.0. The molecule has 0 spiro atoms. The van der Waals surface area contributed by atoms with Crippen molar-refractivity contribution in [2.75, 3.05) is 9.44 Å². The zero-order chi connectivity index (χ0) is 26.3. The van der Waals surface area contributed by atoms with Crippen molar-refractivity contribution >= 4 is 54.0 Å². The Morgan fingerprint density at radius 3 is 1.32 bits per heavy atom. The maximum atomic E-state index is 12.6. The van der Waals surface area contributed by atoms with E-state index in [1.165, 1.54) is 24.3 Å². The van der Waals surface area contributed by atoms with Gasteiger partial charge in [0.05, 0.1) is 31.9 Å². The van der Waals surface area contributed by atoms with Crippen molar-refractivity contribution in [3.63, 3.8) is 0 Å². The van der Waals surface area contributed by atoms with Crippen LogP contribution in [0.2, 0.25) is 0 Å². The van der Waals surface area contributed by atoms with Crippen molar-refractivity contribution in [2.45, 2.75) is 9.79 Å². The number of fused-ring (bicyclic) bond motifs is 2. The smallest absolute Gasteiger partial charge is 0.264 e. The van der Waals surface area contributed by atoms with Gasteiger partial charge in [0.15, 0.2) is 0 Å². The SMILES string of the molecule is O=S(=O)(Nc1nc2ccc(-c3ccc4nc(NS(=O)(=O)c5ccccc5)[nH]c4c3)cc2[nH]1)c1ccccc1. The van der Waals surface area contributed by atoms with Crippen LogP contribution in [-0.2, 0) is 20.0 Å². The first kappa shape index (κ1) is 23.7. The van der Waals surface area contributed by atoms with E-state index in [0.29, 0.717) is 22.1 Å². The van der Waals surface area contributed by atoms with Gasteiger partial charge in [0.2, 0.25) is 11.9 Å². The summed E-state index contributed by atoms with van der Waals surface area (Å²) >= 11 is 0. The van der Waals surface area contributed by atoms with Crippen LogP contribution in [-0.4, -0.2) is 36.8 Å². The van der Waals surface area contributed by atoms with E-state index < -0.39 is 20.0 Å². The number of hydrogen-bond donors (Lipinski definition) is 4. The Morgan fingerprint density at radius 1 is 0.526 bits per heavy atom. The molecule has 2 aromatic heterocycles. The summed E-state index contributed by atoms with van der Waals surface area (Å²) in [5.74, 6) is 0.223. The first-order valence-electron chi connectivity index (χ1n) is 11.4. The Labute approximate surface area is 217 Å². The van der Waals surface area contributed by atoms with Crippen LogP contribution in [0, 0.1) is 0 Å². The Bertz CT molecular complexity index is 1860. The second kappa shape index (κ2) is 9.01. The van der Waals surface area contributed by atoms with Crippen molar-refractivity contribution < 1.29 is 16.8 Å². The van der Waals surface area contributed by atoms with Crippen molar-refractivity contribution in [3.8, 4) is 11.1 Å². The Balaban J connectivity index is 1.27. The molecular formula is C26H20N6O4S2. The zero-order valence-electron chi connectivity index (χ0n) is 19.6. The molecule has 6 aromatic rings. The molecule has 38 heavy (non-hydrogen) atoms. The number of aromatic nitrogens is 4. The molecule has 12 heteroatoms. The monoisotopic (exact) mass is 544 g/mol. The number of sulfonamides is 2. The van der Waals surface area contributed by atoms with Crippen LogP contribution in [0.1, 0.15) is 0 Å². The summed E-state index contributed by atoms with van der Waals surface area (Å²) < 4.78 is 55.5. The summed E-state index contributed by atoms with van der Waals surface area (Å²) in [5.41, 5.74) is 4.19. The molecular weight excluding hydrogens is 524 g/mol. The van der Waals surface area contributed by atoms with E-state index in [4.69, 9.17) is 0 Å². The van der Waals surface area contributed by atoms with Gasteiger partial charge in [0, 0.05) is 0 Å². The molecule has 4 N–H and O–H groups in total. The third-order valence-corrected chi connectivity index (χ3v) is 8.58. The van der Waals surface area contributed by atoms with Gasteiger partial charge in [-0.05, 0) is 59.7 Å². The lowest BCUT2D eigenvalue weighted by Gasteiger charge is -2.04. The average molecular weight is 545 g/mol. The van der Waals surface area contributed by atoms with Crippen LogP contribution in [0.15, 0.2) is 107 Å². The van der Waals surface area contributed by atoms with Gasteiger partial charge in [-0.25, -0.2) is 36.2 Å². The average Bonchev–Trinajstić information content (AvgIpc) is 3.50. The molecule has 6 rings (SSSR count). The van der Waals surface area contributed by atoms with Crippen molar-refractivity contribution in [3.05, 3.63) is 97.1 Å². The van der Waals surface area contributed by atoms with Crippen LogP contribution in [0.3, 0.4) is 0 Å². The van der Waals surface area contributed by atoms with E-state index in [0.717, 1.165) is 11.1 Å². The highest BCUT2D eigenvalue weighted by atomic mass is 32.2. The van der Waals surface area contributed by atoms with E-state index in [2.05, 4.69) is 29.4 Å². The molecule has 0 atom stereocenters. The lowest BCUT2D eigenvalue weighted by molar-refractivity contribution is 0.599. The highest BCUT2D eigenvalue weighted by molar-refractivity contribution is 7.93. The van der Waals surface area contributed by atoms with Gasteiger partial charge in [-0.2, -0.15) is 0 Å². The maximum Gasteiger partial charge on any atom is 0.264 e. The second-order valence-electron chi connectivity index (χ2n) is 8.47. The minimum absolute atomic E-state index is 0.111. The van der Waals surface area contributed by atoms with Crippen LogP contribution in [0.25, 0.3) is 33.2 Å². The van der Waals surface area contributed by atoms with Gasteiger partial charge in [-0.15, -0.1) is 0 Å². The number of imidazole rings is 2. The second-order valence-corrected chi connectivity index (χ2v) is 11.8.